The van der Waals surface area contributed by atoms with Gasteiger partial charge in [-0.2, -0.15) is 0 Å². The van der Waals surface area contributed by atoms with E-state index in [9.17, 15) is 0 Å². The average molecular weight is 877 g/mol. The molecule has 0 saturated heterocycles. The van der Waals surface area contributed by atoms with E-state index in [0.717, 1.165) is 11.4 Å². The van der Waals surface area contributed by atoms with Crippen molar-refractivity contribution in [2.75, 3.05) is 5.32 Å². The van der Waals surface area contributed by atoms with Gasteiger partial charge in [0, 0.05) is 52.8 Å². The number of para-hydroxylation sites is 2. The second-order valence-electron chi connectivity index (χ2n) is 17.6. The lowest BCUT2D eigenvalue weighted by molar-refractivity contribution is 0.722. The molecule has 2 nitrogen and oxygen atoms in total. The number of hydrogen-bond acceptors (Lipinski definition) is 3. The number of rotatable bonds is 2. The summed E-state index contributed by atoms with van der Waals surface area (Å²) < 4.78 is 0. The van der Waals surface area contributed by atoms with Gasteiger partial charge in [0.25, 0.3) is 0 Å². The van der Waals surface area contributed by atoms with Crippen LogP contribution in [0.3, 0.4) is 0 Å². The number of hydrogen-bond donors (Lipinski definition) is 2. The summed E-state index contributed by atoms with van der Waals surface area (Å²) in [5.41, 5.74) is 20.3. The molecule has 2 aliphatic heterocycles. The van der Waals surface area contributed by atoms with Gasteiger partial charge < -0.3 is 10.3 Å². The minimum Gasteiger partial charge on any atom is -0.356 e. The summed E-state index contributed by atoms with van der Waals surface area (Å²) in [6.45, 7) is 0. The van der Waals surface area contributed by atoms with Gasteiger partial charge in [-0.15, -0.1) is 0 Å². The molecular formula is C62H40N2S2. The Kier molecular flexibility index (Phi) is 8.31. The molecule has 2 spiro atoms. The summed E-state index contributed by atoms with van der Waals surface area (Å²) in [4.78, 5) is 9.05. The molecule has 1 aromatic heterocycles. The average Bonchev–Trinajstić information content (AvgIpc) is 3.98. The Hall–Kier alpha value is -7.50. The maximum atomic E-state index is 3.70. The topological polar surface area (TPSA) is 27.8 Å². The molecule has 4 heteroatoms. The number of anilines is 2. The fourth-order valence-corrected chi connectivity index (χ4v) is 14.2. The van der Waals surface area contributed by atoms with Crippen molar-refractivity contribution in [3.63, 3.8) is 0 Å². The quantitative estimate of drug-likeness (QED) is 0.181. The minimum absolute atomic E-state index is 0.310. The molecule has 0 atom stereocenters. The third-order valence-electron chi connectivity index (χ3n) is 14.4. The lowest BCUT2D eigenvalue weighted by Gasteiger charge is -2.39. The Bertz CT molecular complexity index is 3680. The van der Waals surface area contributed by atoms with Gasteiger partial charge in [0.15, 0.2) is 0 Å². The molecule has 3 heterocycles. The van der Waals surface area contributed by atoms with Crippen molar-refractivity contribution in [1.82, 2.24) is 4.98 Å². The molecule has 15 rings (SSSR count). The predicted octanol–water partition coefficient (Wildman–Crippen LogP) is 16.4. The van der Waals surface area contributed by atoms with Crippen molar-refractivity contribution in [2.45, 2.75) is 30.4 Å². The molecule has 2 N–H and O–H groups in total. The Morgan fingerprint density at radius 2 is 0.727 bits per heavy atom. The molecule has 10 aromatic carbocycles. The maximum Gasteiger partial charge on any atom is 0.0736 e. The summed E-state index contributed by atoms with van der Waals surface area (Å²) in [6, 6.07) is 84.5. The zero-order valence-electron chi connectivity index (χ0n) is 35.8. The largest absolute Gasteiger partial charge is 0.356 e. The number of H-pyrrole nitrogens is 1. The molecule has 0 unspecified atom stereocenters. The fourth-order valence-electron chi connectivity index (χ4n) is 11.8. The lowest BCUT2D eigenvalue weighted by atomic mass is 9.67. The van der Waals surface area contributed by atoms with E-state index in [1.807, 2.05) is 29.6 Å². The van der Waals surface area contributed by atoms with Crippen LogP contribution in [0, 0.1) is 0 Å². The van der Waals surface area contributed by atoms with Crippen molar-refractivity contribution in [3.8, 4) is 22.3 Å². The van der Waals surface area contributed by atoms with Crippen LogP contribution >= 0.6 is 23.5 Å². The first-order valence-corrected chi connectivity index (χ1v) is 24.3. The van der Waals surface area contributed by atoms with Gasteiger partial charge in [0.05, 0.1) is 10.8 Å². The van der Waals surface area contributed by atoms with Crippen molar-refractivity contribution >= 4 is 56.7 Å². The normalized spacial score (nSPS) is 14.5. The summed E-state index contributed by atoms with van der Waals surface area (Å²) in [5, 5.41) is 6.21. The summed E-state index contributed by atoms with van der Waals surface area (Å²) in [6.07, 6.45) is 0. The highest BCUT2D eigenvalue weighted by atomic mass is 32.2. The number of benzene rings is 10. The van der Waals surface area contributed by atoms with Crippen LogP contribution in [0.1, 0.15) is 44.5 Å². The van der Waals surface area contributed by atoms with Crippen LogP contribution in [0.2, 0.25) is 0 Å². The zero-order valence-corrected chi connectivity index (χ0v) is 37.4. The summed E-state index contributed by atoms with van der Waals surface area (Å²) in [7, 11) is 0. The van der Waals surface area contributed by atoms with Crippen LogP contribution in [-0.2, 0) is 10.8 Å². The van der Waals surface area contributed by atoms with E-state index < -0.39 is 0 Å². The van der Waals surface area contributed by atoms with Crippen LogP contribution in [-0.4, -0.2) is 4.98 Å². The number of aromatic amines is 1. The van der Waals surface area contributed by atoms with Crippen molar-refractivity contribution < 1.29 is 0 Å². The molecule has 0 bridgehead atoms. The Morgan fingerprint density at radius 3 is 1.30 bits per heavy atom. The molecule has 11 aromatic rings. The monoisotopic (exact) mass is 876 g/mol. The predicted molar refractivity (Wildman–Crippen MR) is 275 cm³/mol. The molecule has 0 fully saturated rings. The second-order valence-corrected chi connectivity index (χ2v) is 19.8. The Morgan fingerprint density at radius 1 is 0.288 bits per heavy atom. The number of nitrogens with one attached hydrogen (secondary N) is 2. The number of fused-ring (bicyclic) bond motifs is 21. The van der Waals surface area contributed by atoms with Gasteiger partial charge in [0.1, 0.15) is 0 Å². The van der Waals surface area contributed by atoms with E-state index in [1.54, 1.807) is 0 Å². The highest BCUT2D eigenvalue weighted by molar-refractivity contribution is 7.99. The molecule has 0 saturated carbocycles. The standard InChI is InChI=1S/C31H19NS.C31H21NS/c1-3-11-23-19(9-1)21-17-22-20-10-2-6-14-27(20)32-28(22)18-26(21)31(23)24-12-4-7-15-29(24)33-30-16-8-5-13-25(30)31;1-2-10-21(11-3-1)32-22-18-19-24-23-12-4-5-13-25(23)31(28(24)20-22)26-14-6-8-16-29(26)33-30-17-9-7-15-27(30)31/h1-18,32H;1-20,32H. The third kappa shape index (κ3) is 5.23. The molecule has 0 amide bonds. The molecular weight excluding hydrogens is 837 g/mol. The highest BCUT2D eigenvalue weighted by Crippen LogP contribution is 2.64. The van der Waals surface area contributed by atoms with E-state index >= 15 is 0 Å². The van der Waals surface area contributed by atoms with Crippen LogP contribution in [0.25, 0.3) is 44.1 Å². The maximum absolute atomic E-state index is 3.70. The first kappa shape index (κ1) is 37.8. The van der Waals surface area contributed by atoms with Gasteiger partial charge in [0.2, 0.25) is 0 Å². The van der Waals surface area contributed by atoms with E-state index in [2.05, 4.69) is 235 Å². The number of aromatic nitrogens is 1. The summed E-state index contributed by atoms with van der Waals surface area (Å²) in [5.74, 6) is 0. The fraction of sp³-hybridized carbons (Fsp3) is 0.0323. The van der Waals surface area contributed by atoms with Gasteiger partial charge in [-0.25, -0.2) is 0 Å². The highest BCUT2D eigenvalue weighted by Gasteiger charge is 2.51. The van der Waals surface area contributed by atoms with Crippen molar-refractivity contribution in [3.05, 3.63) is 275 Å². The summed E-state index contributed by atoms with van der Waals surface area (Å²) >= 11 is 3.78. The van der Waals surface area contributed by atoms with Gasteiger partial charge in [-0.1, -0.05) is 187 Å². The van der Waals surface area contributed by atoms with Crippen LogP contribution < -0.4 is 5.32 Å². The first-order valence-electron chi connectivity index (χ1n) is 22.7. The zero-order chi connectivity index (χ0) is 43.4. The molecule has 0 radical (unpaired) electrons. The van der Waals surface area contributed by atoms with Gasteiger partial charge in [-0.3, -0.25) is 0 Å². The van der Waals surface area contributed by atoms with E-state index in [1.165, 1.54) is 108 Å². The molecule has 4 aliphatic rings. The van der Waals surface area contributed by atoms with Gasteiger partial charge in [-0.05, 0) is 133 Å². The minimum atomic E-state index is -0.321. The molecule has 310 valence electrons. The first-order chi connectivity index (χ1) is 32.7. The molecule has 66 heavy (non-hydrogen) atoms. The van der Waals surface area contributed by atoms with Crippen LogP contribution in [0.5, 0.6) is 0 Å². The third-order valence-corrected chi connectivity index (χ3v) is 16.7. The van der Waals surface area contributed by atoms with Crippen molar-refractivity contribution in [2.24, 2.45) is 0 Å². The lowest BCUT2D eigenvalue weighted by Crippen LogP contribution is -2.31. The van der Waals surface area contributed by atoms with Gasteiger partial charge >= 0.3 is 0 Å². The Balaban J connectivity index is 0.000000126. The SMILES string of the molecule is c1ccc(Nc2ccc3c(c2)C2(c4ccccc4Sc4ccccc42)c2ccccc2-3)cc1.c1ccc2c(c1)Sc1ccccc1C21c2ccccc2-c2cc3c(cc21)[nH]c1ccccc13. The second kappa shape index (κ2) is 14.5. The van der Waals surface area contributed by atoms with Crippen LogP contribution in [0.15, 0.2) is 250 Å². The smallest absolute Gasteiger partial charge is 0.0736 e. The Labute approximate surface area is 392 Å². The van der Waals surface area contributed by atoms with E-state index in [0.29, 0.717) is 0 Å². The molecule has 2 aliphatic carbocycles. The van der Waals surface area contributed by atoms with Crippen molar-refractivity contribution in [1.29, 1.82) is 0 Å². The van der Waals surface area contributed by atoms with E-state index in [-0.39, 0.29) is 10.8 Å². The van der Waals surface area contributed by atoms with Crippen LogP contribution in [0.4, 0.5) is 11.4 Å². The van der Waals surface area contributed by atoms with E-state index in [4.69, 9.17) is 0 Å².